The number of hydrogen-bond donors (Lipinski definition) is 4. The highest BCUT2D eigenvalue weighted by Crippen LogP contribution is 2.41. The summed E-state index contributed by atoms with van der Waals surface area (Å²) in [6.45, 7) is 4.59. The van der Waals surface area contributed by atoms with Crippen molar-refractivity contribution in [2.24, 2.45) is 0 Å². The average Bonchev–Trinajstić information content (AvgIpc) is 3.58. The molecule has 0 radical (unpaired) electrons. The first-order valence-electron chi connectivity index (χ1n) is 12.2. The molecule has 1 saturated heterocycles. The number of fused-ring (bicyclic) bond motifs is 1. The molecule has 1 aromatic heterocycles. The minimum atomic E-state index is -0.614. The highest BCUT2D eigenvalue weighted by Gasteiger charge is 2.28. The van der Waals surface area contributed by atoms with Crippen molar-refractivity contribution < 1.29 is 14.7 Å². The summed E-state index contributed by atoms with van der Waals surface area (Å²) in [7, 11) is 0. The Kier molecular flexibility index (Phi) is 6.96. The topological polar surface area (TPSA) is 97.5 Å². The summed E-state index contributed by atoms with van der Waals surface area (Å²) < 4.78 is 0. The molecular formula is C28H29ClN4O3. The van der Waals surface area contributed by atoms with Crippen LogP contribution in [0.3, 0.4) is 0 Å². The van der Waals surface area contributed by atoms with E-state index in [1.54, 1.807) is 12.3 Å². The quantitative estimate of drug-likeness (QED) is 0.360. The van der Waals surface area contributed by atoms with Crippen LogP contribution in [-0.2, 0) is 4.79 Å². The van der Waals surface area contributed by atoms with Gasteiger partial charge in [0, 0.05) is 41.3 Å². The molecule has 0 saturated carbocycles. The van der Waals surface area contributed by atoms with Crippen LogP contribution in [0, 0.1) is 6.92 Å². The number of aromatic amines is 1. The van der Waals surface area contributed by atoms with Gasteiger partial charge in [-0.3, -0.25) is 9.59 Å². The summed E-state index contributed by atoms with van der Waals surface area (Å²) in [5, 5.41) is 16.7. The maximum absolute atomic E-state index is 12.9. The van der Waals surface area contributed by atoms with Gasteiger partial charge in [0.15, 0.2) is 0 Å². The van der Waals surface area contributed by atoms with E-state index in [-0.39, 0.29) is 18.4 Å². The van der Waals surface area contributed by atoms with Crippen LogP contribution in [0.15, 0.2) is 48.7 Å². The standard InChI is InChI=1S/C28H29ClN4O3/c1-17-23(27(35)31-14-20(34)16-33-10-2-3-11-33)15-30-25(17)13-22-26-21(18-6-4-7-19(29)12-18)8-5-9-24(26)32-28(22)36/h4-9,12-13,15,20,30,34H,2-3,10-11,14,16H2,1H3,(H,31,35)(H,32,36)/b22-13-. The number of halogens is 1. The first-order valence-corrected chi connectivity index (χ1v) is 12.6. The Morgan fingerprint density at radius 3 is 2.78 bits per heavy atom. The molecular weight excluding hydrogens is 476 g/mol. The van der Waals surface area contributed by atoms with Crippen molar-refractivity contribution in [3.05, 3.63) is 76.1 Å². The van der Waals surface area contributed by atoms with Crippen LogP contribution >= 0.6 is 11.6 Å². The van der Waals surface area contributed by atoms with Crippen LogP contribution in [0.1, 0.15) is 40.0 Å². The van der Waals surface area contributed by atoms with Gasteiger partial charge in [-0.2, -0.15) is 0 Å². The zero-order chi connectivity index (χ0) is 25.2. The number of likely N-dealkylation sites (tertiary alicyclic amines) is 1. The van der Waals surface area contributed by atoms with E-state index < -0.39 is 6.10 Å². The second-order valence-electron chi connectivity index (χ2n) is 9.36. The third kappa shape index (κ3) is 4.95. The molecule has 36 heavy (non-hydrogen) atoms. The number of anilines is 1. The maximum atomic E-state index is 12.9. The molecule has 7 nitrogen and oxygen atoms in total. The Hall–Kier alpha value is -3.39. The number of nitrogens with one attached hydrogen (secondary N) is 3. The van der Waals surface area contributed by atoms with Crippen molar-refractivity contribution in [2.75, 3.05) is 31.5 Å². The van der Waals surface area contributed by atoms with E-state index in [4.69, 9.17) is 11.6 Å². The highest BCUT2D eigenvalue weighted by molar-refractivity contribution is 6.36. The molecule has 3 heterocycles. The van der Waals surface area contributed by atoms with Crippen LogP contribution < -0.4 is 10.6 Å². The van der Waals surface area contributed by atoms with Gasteiger partial charge in [-0.05, 0) is 73.8 Å². The van der Waals surface area contributed by atoms with Crippen molar-refractivity contribution in [1.29, 1.82) is 0 Å². The molecule has 4 N–H and O–H groups in total. The van der Waals surface area contributed by atoms with E-state index in [0.717, 1.165) is 53.9 Å². The number of hydrogen-bond acceptors (Lipinski definition) is 4. The summed E-state index contributed by atoms with van der Waals surface area (Å²) in [5.74, 6) is -0.464. The molecule has 0 spiro atoms. The Bertz CT molecular complexity index is 1340. The predicted octanol–water partition coefficient (Wildman–Crippen LogP) is 4.32. The minimum Gasteiger partial charge on any atom is -0.390 e. The Balaban J connectivity index is 1.37. The van der Waals surface area contributed by atoms with Crippen LogP contribution in [-0.4, -0.2) is 59.1 Å². The number of rotatable bonds is 7. The van der Waals surface area contributed by atoms with Crippen LogP contribution in [0.2, 0.25) is 5.02 Å². The number of H-pyrrole nitrogens is 1. The first-order chi connectivity index (χ1) is 17.4. The zero-order valence-corrected chi connectivity index (χ0v) is 20.9. The summed E-state index contributed by atoms with van der Waals surface area (Å²) in [5.41, 5.74) is 5.75. The van der Waals surface area contributed by atoms with Gasteiger partial charge in [-0.25, -0.2) is 0 Å². The van der Waals surface area contributed by atoms with Crippen LogP contribution in [0.4, 0.5) is 5.69 Å². The van der Waals surface area contributed by atoms with Gasteiger partial charge in [0.25, 0.3) is 11.8 Å². The van der Waals surface area contributed by atoms with E-state index in [1.807, 2.05) is 49.4 Å². The second kappa shape index (κ2) is 10.3. The lowest BCUT2D eigenvalue weighted by molar-refractivity contribution is -0.110. The molecule has 5 rings (SSSR count). The lowest BCUT2D eigenvalue weighted by Gasteiger charge is -2.19. The van der Waals surface area contributed by atoms with E-state index in [9.17, 15) is 14.7 Å². The number of aromatic nitrogens is 1. The monoisotopic (exact) mass is 504 g/mol. The molecule has 8 heteroatoms. The third-order valence-corrected chi connectivity index (χ3v) is 7.08. The predicted molar refractivity (Wildman–Crippen MR) is 143 cm³/mol. The fraction of sp³-hybridized carbons (Fsp3) is 0.286. The fourth-order valence-electron chi connectivity index (χ4n) is 4.96. The molecule has 1 atom stereocenters. The zero-order valence-electron chi connectivity index (χ0n) is 20.1. The van der Waals surface area contributed by atoms with Gasteiger partial charge in [0.05, 0.1) is 17.2 Å². The molecule has 1 fully saturated rings. The number of carbonyl (C=O) groups excluding carboxylic acids is 2. The van der Waals surface area contributed by atoms with Crippen molar-refractivity contribution in [1.82, 2.24) is 15.2 Å². The lowest BCUT2D eigenvalue weighted by atomic mass is 9.94. The summed E-state index contributed by atoms with van der Waals surface area (Å²) in [6.07, 6.45) is 5.12. The summed E-state index contributed by atoms with van der Waals surface area (Å²) in [6, 6.07) is 13.3. The number of aliphatic hydroxyl groups is 1. The normalized spacial score (nSPS) is 17.3. The van der Waals surface area contributed by atoms with Gasteiger partial charge in [-0.15, -0.1) is 0 Å². The van der Waals surface area contributed by atoms with E-state index in [1.165, 1.54) is 0 Å². The molecule has 0 aliphatic carbocycles. The van der Waals surface area contributed by atoms with Gasteiger partial charge >= 0.3 is 0 Å². The average molecular weight is 505 g/mol. The molecule has 1 unspecified atom stereocenters. The third-order valence-electron chi connectivity index (χ3n) is 6.84. The molecule has 2 aromatic carbocycles. The number of amides is 2. The lowest BCUT2D eigenvalue weighted by Crippen LogP contribution is -2.39. The molecule has 3 aromatic rings. The highest BCUT2D eigenvalue weighted by atomic mass is 35.5. The molecule has 2 aliphatic heterocycles. The SMILES string of the molecule is Cc1c(C(=O)NCC(O)CN2CCCC2)c[nH]c1/C=C1\C(=O)Nc2cccc(-c3cccc(Cl)c3)c21. The van der Waals surface area contributed by atoms with Crippen LogP contribution in [0.5, 0.6) is 0 Å². The van der Waals surface area contributed by atoms with Gasteiger partial charge in [0.1, 0.15) is 0 Å². The number of nitrogens with zero attached hydrogens (tertiary/aromatic N) is 1. The minimum absolute atomic E-state index is 0.190. The van der Waals surface area contributed by atoms with E-state index in [0.29, 0.717) is 28.4 Å². The van der Waals surface area contributed by atoms with Gasteiger partial charge in [0.2, 0.25) is 0 Å². The number of benzene rings is 2. The molecule has 186 valence electrons. The molecule has 2 aliphatic rings. The van der Waals surface area contributed by atoms with Crippen molar-refractivity contribution >= 4 is 40.8 Å². The number of β-amino-alcohol motifs (C(OH)–C–C–N with tert-alkyl or cyclic N) is 1. The maximum Gasteiger partial charge on any atom is 0.256 e. The number of carbonyl (C=O) groups is 2. The van der Waals surface area contributed by atoms with Crippen molar-refractivity contribution in [3.63, 3.8) is 0 Å². The second-order valence-corrected chi connectivity index (χ2v) is 9.80. The van der Waals surface area contributed by atoms with E-state index in [2.05, 4.69) is 20.5 Å². The van der Waals surface area contributed by atoms with E-state index >= 15 is 0 Å². The molecule has 0 bridgehead atoms. The van der Waals surface area contributed by atoms with Crippen molar-refractivity contribution in [3.8, 4) is 11.1 Å². The Morgan fingerprint density at radius 2 is 2.00 bits per heavy atom. The largest absolute Gasteiger partial charge is 0.390 e. The van der Waals surface area contributed by atoms with Crippen molar-refractivity contribution in [2.45, 2.75) is 25.9 Å². The van der Waals surface area contributed by atoms with Gasteiger partial charge < -0.3 is 25.6 Å². The summed E-state index contributed by atoms with van der Waals surface area (Å²) in [4.78, 5) is 31.1. The molecule has 2 amide bonds. The Labute approximate surface area is 215 Å². The fourth-order valence-corrected chi connectivity index (χ4v) is 5.15. The van der Waals surface area contributed by atoms with Gasteiger partial charge in [-0.1, -0.05) is 35.9 Å². The first kappa shape index (κ1) is 24.3. The summed E-state index contributed by atoms with van der Waals surface area (Å²) >= 11 is 6.22. The Morgan fingerprint density at radius 1 is 1.22 bits per heavy atom. The smallest absolute Gasteiger partial charge is 0.256 e. The number of aliphatic hydroxyl groups excluding tert-OH is 1. The van der Waals surface area contributed by atoms with Crippen LogP contribution in [0.25, 0.3) is 22.8 Å².